The van der Waals surface area contributed by atoms with E-state index < -0.39 is 11.4 Å². The summed E-state index contributed by atoms with van der Waals surface area (Å²) in [4.78, 5) is 11.3. The summed E-state index contributed by atoms with van der Waals surface area (Å²) < 4.78 is 12.0. The average Bonchev–Trinajstić information content (AvgIpc) is 2.34. The van der Waals surface area contributed by atoms with Gasteiger partial charge in [-0.3, -0.25) is 4.79 Å². The molecule has 0 aromatic heterocycles. The first-order valence-electron chi connectivity index (χ1n) is 6.14. The van der Waals surface area contributed by atoms with Crippen molar-refractivity contribution in [3.05, 3.63) is 21.7 Å². The Kier molecular flexibility index (Phi) is 3.76. The zero-order valence-electron chi connectivity index (χ0n) is 11.2. The van der Waals surface area contributed by atoms with E-state index in [2.05, 4.69) is 15.9 Å². The van der Waals surface area contributed by atoms with E-state index in [1.807, 2.05) is 13.0 Å². The van der Waals surface area contributed by atoms with Crippen LogP contribution in [0.25, 0.3) is 0 Å². The Morgan fingerprint density at radius 3 is 2.68 bits per heavy atom. The van der Waals surface area contributed by atoms with Gasteiger partial charge in [0.15, 0.2) is 11.5 Å². The summed E-state index contributed by atoms with van der Waals surface area (Å²) in [5.41, 5.74) is 1.14. The van der Waals surface area contributed by atoms with Crippen LogP contribution in [0.3, 0.4) is 0 Å². The lowest BCUT2D eigenvalue weighted by Gasteiger charge is -2.25. The van der Waals surface area contributed by atoms with E-state index in [0.717, 1.165) is 15.6 Å². The van der Waals surface area contributed by atoms with E-state index in [0.29, 0.717) is 31.1 Å². The van der Waals surface area contributed by atoms with E-state index in [4.69, 9.17) is 9.47 Å². The van der Waals surface area contributed by atoms with Crippen LogP contribution >= 0.6 is 15.9 Å². The molecule has 0 atom stereocenters. The number of hydrogen-bond acceptors (Lipinski definition) is 3. The second-order valence-corrected chi connectivity index (χ2v) is 6.17. The van der Waals surface area contributed by atoms with Gasteiger partial charge in [-0.15, -0.1) is 0 Å². The van der Waals surface area contributed by atoms with E-state index >= 15 is 0 Å². The van der Waals surface area contributed by atoms with Crippen LogP contribution in [0.4, 0.5) is 0 Å². The Labute approximate surface area is 120 Å². The number of halogens is 1. The van der Waals surface area contributed by atoms with Gasteiger partial charge in [0.1, 0.15) is 13.2 Å². The Morgan fingerprint density at radius 1 is 1.42 bits per heavy atom. The summed E-state index contributed by atoms with van der Waals surface area (Å²) in [7, 11) is 0. The standard InChI is InChI=1S/C14H17BrO4/c1-8-6-10-12(19-5-4-18-10)11(15)9(8)7-14(2,3)13(16)17/h6H,4-5,7H2,1-3H3,(H,16,17). The van der Waals surface area contributed by atoms with E-state index in [9.17, 15) is 9.90 Å². The van der Waals surface area contributed by atoms with Crippen LogP contribution in [-0.2, 0) is 11.2 Å². The molecule has 0 saturated carbocycles. The second kappa shape index (κ2) is 5.04. The lowest BCUT2D eigenvalue weighted by atomic mass is 9.84. The molecule has 19 heavy (non-hydrogen) atoms. The summed E-state index contributed by atoms with van der Waals surface area (Å²) in [6, 6.07) is 1.91. The number of fused-ring (bicyclic) bond motifs is 1. The van der Waals surface area contributed by atoms with Gasteiger partial charge in [0.05, 0.1) is 9.89 Å². The van der Waals surface area contributed by atoms with Crippen molar-refractivity contribution in [3.63, 3.8) is 0 Å². The van der Waals surface area contributed by atoms with Crippen molar-refractivity contribution in [1.82, 2.24) is 0 Å². The fourth-order valence-corrected chi connectivity index (χ4v) is 2.80. The number of carboxylic acids is 1. The Hall–Kier alpha value is -1.23. The Bertz CT molecular complexity index is 523. The van der Waals surface area contributed by atoms with Crippen LogP contribution < -0.4 is 9.47 Å². The molecule has 5 heteroatoms. The molecule has 4 nitrogen and oxygen atoms in total. The molecule has 0 spiro atoms. The molecule has 1 aromatic rings. The molecule has 1 N–H and O–H groups in total. The lowest BCUT2D eigenvalue weighted by Crippen LogP contribution is -2.27. The van der Waals surface area contributed by atoms with Crippen LogP contribution in [0.2, 0.25) is 0 Å². The van der Waals surface area contributed by atoms with Gasteiger partial charge in [-0.1, -0.05) is 0 Å². The van der Waals surface area contributed by atoms with E-state index in [1.54, 1.807) is 13.8 Å². The minimum absolute atomic E-state index is 0.436. The first kappa shape index (κ1) is 14.2. The van der Waals surface area contributed by atoms with Gasteiger partial charge in [0.2, 0.25) is 0 Å². The number of aryl methyl sites for hydroxylation is 1. The fraction of sp³-hybridized carbons (Fsp3) is 0.500. The highest BCUT2D eigenvalue weighted by Crippen LogP contribution is 2.43. The molecule has 0 fully saturated rings. The van der Waals surface area contributed by atoms with Gasteiger partial charge in [0, 0.05) is 0 Å². The third kappa shape index (κ3) is 2.71. The third-order valence-corrected chi connectivity index (χ3v) is 4.14. The van der Waals surface area contributed by atoms with Crippen molar-refractivity contribution in [2.24, 2.45) is 5.41 Å². The van der Waals surface area contributed by atoms with Crippen molar-refractivity contribution in [2.75, 3.05) is 13.2 Å². The number of hydrogen-bond donors (Lipinski definition) is 1. The maximum Gasteiger partial charge on any atom is 0.309 e. The van der Waals surface area contributed by atoms with Crippen molar-refractivity contribution >= 4 is 21.9 Å². The number of carboxylic acid groups (broad SMARTS) is 1. The molecule has 1 heterocycles. The number of aliphatic carboxylic acids is 1. The topological polar surface area (TPSA) is 55.8 Å². The highest BCUT2D eigenvalue weighted by atomic mass is 79.9. The molecular weight excluding hydrogens is 312 g/mol. The molecule has 1 aliphatic heterocycles. The van der Waals surface area contributed by atoms with Crippen LogP contribution in [0.5, 0.6) is 11.5 Å². The fourth-order valence-electron chi connectivity index (χ4n) is 2.04. The normalized spacial score (nSPS) is 14.3. The number of ether oxygens (including phenoxy) is 2. The molecule has 2 rings (SSSR count). The summed E-state index contributed by atoms with van der Waals surface area (Å²) in [6.07, 6.45) is 0.436. The van der Waals surface area contributed by atoms with Gasteiger partial charge >= 0.3 is 5.97 Å². The van der Waals surface area contributed by atoms with Crippen LogP contribution in [0, 0.1) is 12.3 Å². The van der Waals surface area contributed by atoms with Crippen molar-refractivity contribution in [1.29, 1.82) is 0 Å². The molecule has 1 aliphatic rings. The number of benzene rings is 1. The van der Waals surface area contributed by atoms with Gasteiger partial charge < -0.3 is 14.6 Å². The maximum absolute atomic E-state index is 11.3. The molecule has 0 aliphatic carbocycles. The largest absolute Gasteiger partial charge is 0.486 e. The highest BCUT2D eigenvalue weighted by Gasteiger charge is 2.30. The maximum atomic E-state index is 11.3. The van der Waals surface area contributed by atoms with Crippen LogP contribution in [-0.4, -0.2) is 24.3 Å². The van der Waals surface area contributed by atoms with Gasteiger partial charge in [-0.2, -0.15) is 0 Å². The number of rotatable bonds is 3. The van der Waals surface area contributed by atoms with Gasteiger partial charge in [-0.05, 0) is 60.3 Å². The lowest BCUT2D eigenvalue weighted by molar-refractivity contribution is -0.146. The zero-order valence-corrected chi connectivity index (χ0v) is 12.8. The van der Waals surface area contributed by atoms with Gasteiger partial charge in [0.25, 0.3) is 0 Å². The SMILES string of the molecule is Cc1cc2c(c(Br)c1CC(C)(C)C(=O)O)OCCO2. The molecule has 0 unspecified atom stereocenters. The predicted molar refractivity (Wildman–Crippen MR) is 75.0 cm³/mol. The summed E-state index contributed by atoms with van der Waals surface area (Å²) in [5.74, 6) is 0.578. The molecule has 104 valence electrons. The quantitative estimate of drug-likeness (QED) is 0.925. The van der Waals surface area contributed by atoms with Gasteiger partial charge in [-0.25, -0.2) is 0 Å². The molecule has 0 amide bonds. The molecule has 0 bridgehead atoms. The summed E-state index contributed by atoms with van der Waals surface area (Å²) in [5, 5.41) is 9.25. The van der Waals surface area contributed by atoms with Crippen molar-refractivity contribution in [2.45, 2.75) is 27.2 Å². The molecule has 0 radical (unpaired) electrons. The zero-order chi connectivity index (χ0) is 14.2. The Morgan fingerprint density at radius 2 is 2.05 bits per heavy atom. The van der Waals surface area contributed by atoms with E-state index in [-0.39, 0.29) is 0 Å². The average molecular weight is 329 g/mol. The first-order chi connectivity index (χ1) is 8.83. The summed E-state index contributed by atoms with van der Waals surface area (Å²) >= 11 is 3.52. The summed E-state index contributed by atoms with van der Waals surface area (Å²) in [6.45, 7) is 6.45. The van der Waals surface area contributed by atoms with Crippen LogP contribution in [0.1, 0.15) is 25.0 Å². The van der Waals surface area contributed by atoms with Crippen molar-refractivity contribution < 1.29 is 19.4 Å². The minimum atomic E-state index is -0.822. The van der Waals surface area contributed by atoms with Crippen molar-refractivity contribution in [3.8, 4) is 11.5 Å². The first-order valence-corrected chi connectivity index (χ1v) is 6.93. The molecular formula is C14H17BrO4. The Balaban J connectivity index is 2.44. The van der Waals surface area contributed by atoms with Crippen LogP contribution in [0.15, 0.2) is 10.5 Å². The number of carbonyl (C=O) groups is 1. The monoisotopic (exact) mass is 328 g/mol. The minimum Gasteiger partial charge on any atom is -0.486 e. The second-order valence-electron chi connectivity index (χ2n) is 5.38. The molecule has 0 saturated heterocycles. The highest BCUT2D eigenvalue weighted by molar-refractivity contribution is 9.10. The molecule has 1 aromatic carbocycles. The van der Waals surface area contributed by atoms with E-state index in [1.165, 1.54) is 0 Å². The smallest absolute Gasteiger partial charge is 0.309 e. The third-order valence-electron chi connectivity index (χ3n) is 3.30. The predicted octanol–water partition coefficient (Wildman–Crippen LogP) is 3.18.